The molecule has 1 aliphatic rings. The Labute approximate surface area is 176 Å². The van der Waals surface area contributed by atoms with Crippen LogP contribution < -0.4 is 10.0 Å². The summed E-state index contributed by atoms with van der Waals surface area (Å²) in [5.41, 5.74) is 2.82. The fourth-order valence-electron chi connectivity index (χ4n) is 3.94. The van der Waals surface area contributed by atoms with Crippen molar-refractivity contribution < 1.29 is 23.1 Å². The number of amides is 1. The van der Waals surface area contributed by atoms with Gasteiger partial charge in [0.2, 0.25) is 5.91 Å². The van der Waals surface area contributed by atoms with Crippen LogP contribution in [0.1, 0.15) is 36.8 Å². The van der Waals surface area contributed by atoms with Gasteiger partial charge in [-0.1, -0.05) is 18.9 Å². The van der Waals surface area contributed by atoms with E-state index in [1.54, 1.807) is 12.1 Å². The highest BCUT2D eigenvalue weighted by Crippen LogP contribution is 2.31. The summed E-state index contributed by atoms with van der Waals surface area (Å²) in [6, 6.07) is 11.3. The maximum absolute atomic E-state index is 12.7. The first-order chi connectivity index (χ1) is 14.2. The number of sulfonamides is 1. The second-order valence-electron chi connectivity index (χ2n) is 7.83. The zero-order chi connectivity index (χ0) is 21.9. The standard InChI is InChI=1S/C22H26N2O5S/c1-14-11-15(2)13-17(12-14)24-30(28,29)18-9-7-16(8-10-18)23-21(25)19-5-3-4-6-20(19)22(26)27/h7-13,19-20,24H,3-6H2,1-2H3,(H,23,25)(H,26,27)/t19-,20+/m1/s1. The van der Waals surface area contributed by atoms with E-state index in [0.717, 1.165) is 24.0 Å². The third kappa shape index (κ3) is 5.18. The smallest absolute Gasteiger partial charge is 0.307 e. The van der Waals surface area contributed by atoms with Crippen LogP contribution in [-0.4, -0.2) is 25.4 Å². The lowest BCUT2D eigenvalue weighted by Gasteiger charge is -2.27. The van der Waals surface area contributed by atoms with Crippen LogP contribution in [0.25, 0.3) is 0 Å². The minimum absolute atomic E-state index is 0.0701. The summed E-state index contributed by atoms with van der Waals surface area (Å²) in [7, 11) is -3.77. The number of benzene rings is 2. The maximum atomic E-state index is 12.7. The molecule has 3 rings (SSSR count). The Balaban J connectivity index is 1.70. The van der Waals surface area contributed by atoms with Crippen molar-refractivity contribution >= 4 is 33.3 Å². The van der Waals surface area contributed by atoms with Crippen LogP contribution in [0.4, 0.5) is 11.4 Å². The maximum Gasteiger partial charge on any atom is 0.307 e. The number of aliphatic carboxylic acids is 1. The molecule has 0 radical (unpaired) electrons. The molecule has 3 N–H and O–H groups in total. The number of carboxylic acids is 1. The van der Waals surface area contributed by atoms with Gasteiger partial charge >= 0.3 is 5.97 Å². The van der Waals surface area contributed by atoms with Gasteiger partial charge in [-0.05, 0) is 74.2 Å². The number of nitrogens with one attached hydrogen (secondary N) is 2. The van der Waals surface area contributed by atoms with Crippen molar-refractivity contribution in [3.05, 3.63) is 53.6 Å². The Morgan fingerprint density at radius 1 is 0.900 bits per heavy atom. The van der Waals surface area contributed by atoms with Gasteiger partial charge < -0.3 is 10.4 Å². The van der Waals surface area contributed by atoms with Crippen LogP contribution in [-0.2, 0) is 19.6 Å². The zero-order valence-corrected chi connectivity index (χ0v) is 17.8. The van der Waals surface area contributed by atoms with Crippen molar-refractivity contribution in [2.24, 2.45) is 11.8 Å². The van der Waals surface area contributed by atoms with Crippen molar-refractivity contribution in [2.75, 3.05) is 10.0 Å². The normalized spacial score (nSPS) is 19.1. The minimum Gasteiger partial charge on any atom is -0.481 e. The van der Waals surface area contributed by atoms with Crippen LogP contribution in [0.2, 0.25) is 0 Å². The number of aryl methyl sites for hydroxylation is 2. The van der Waals surface area contributed by atoms with Gasteiger partial charge in [-0.2, -0.15) is 0 Å². The lowest BCUT2D eigenvalue weighted by atomic mass is 9.78. The molecule has 30 heavy (non-hydrogen) atoms. The molecule has 2 aromatic carbocycles. The Morgan fingerprint density at radius 2 is 1.47 bits per heavy atom. The highest BCUT2D eigenvalue weighted by atomic mass is 32.2. The number of carboxylic acid groups (broad SMARTS) is 1. The van der Waals surface area contributed by atoms with E-state index < -0.39 is 27.8 Å². The lowest BCUT2D eigenvalue weighted by Crippen LogP contribution is -2.36. The summed E-state index contributed by atoms with van der Waals surface area (Å²) >= 11 is 0. The number of anilines is 2. The molecule has 2 aromatic rings. The van der Waals surface area contributed by atoms with Gasteiger partial charge in [0.15, 0.2) is 0 Å². The SMILES string of the molecule is Cc1cc(C)cc(NS(=O)(=O)c2ccc(NC(=O)[C@@H]3CCCC[C@@H]3C(=O)O)cc2)c1. The Hall–Kier alpha value is -2.87. The number of hydrogen-bond donors (Lipinski definition) is 3. The largest absolute Gasteiger partial charge is 0.481 e. The molecule has 160 valence electrons. The molecule has 2 atom stereocenters. The minimum atomic E-state index is -3.77. The average Bonchev–Trinajstić information content (AvgIpc) is 2.67. The predicted octanol–water partition coefficient (Wildman–Crippen LogP) is 3.93. The average molecular weight is 431 g/mol. The summed E-state index contributed by atoms with van der Waals surface area (Å²) in [4.78, 5) is 24.0. The molecular formula is C22H26N2O5S. The van der Waals surface area contributed by atoms with E-state index in [1.807, 2.05) is 19.9 Å². The van der Waals surface area contributed by atoms with Gasteiger partial charge in [-0.15, -0.1) is 0 Å². The molecule has 0 aliphatic heterocycles. The number of rotatable bonds is 6. The lowest BCUT2D eigenvalue weighted by molar-refractivity contribution is -0.147. The van der Waals surface area contributed by atoms with Gasteiger partial charge in [0.05, 0.1) is 16.7 Å². The molecule has 8 heteroatoms. The topological polar surface area (TPSA) is 113 Å². The van der Waals surface area contributed by atoms with Crippen molar-refractivity contribution in [2.45, 2.75) is 44.4 Å². The third-order valence-electron chi connectivity index (χ3n) is 5.33. The van der Waals surface area contributed by atoms with E-state index in [0.29, 0.717) is 24.2 Å². The number of carbonyl (C=O) groups is 2. The molecule has 1 aliphatic carbocycles. The summed E-state index contributed by atoms with van der Waals surface area (Å²) in [6.07, 6.45) is 2.66. The molecule has 0 bridgehead atoms. The van der Waals surface area contributed by atoms with Crippen LogP contribution in [0, 0.1) is 25.7 Å². The first kappa shape index (κ1) is 21.8. The molecule has 7 nitrogen and oxygen atoms in total. The van der Waals surface area contributed by atoms with E-state index in [1.165, 1.54) is 24.3 Å². The van der Waals surface area contributed by atoms with E-state index >= 15 is 0 Å². The summed E-state index contributed by atoms with van der Waals surface area (Å²) < 4.78 is 27.9. The summed E-state index contributed by atoms with van der Waals surface area (Å²) in [5, 5.41) is 12.1. The third-order valence-corrected chi connectivity index (χ3v) is 6.72. The van der Waals surface area contributed by atoms with Crippen LogP contribution in [0.3, 0.4) is 0 Å². The Morgan fingerprint density at radius 3 is 2.03 bits per heavy atom. The summed E-state index contributed by atoms with van der Waals surface area (Å²) in [5.74, 6) is -2.55. The van der Waals surface area contributed by atoms with E-state index in [2.05, 4.69) is 10.0 Å². The molecule has 1 saturated carbocycles. The van der Waals surface area contributed by atoms with Gasteiger partial charge in [-0.25, -0.2) is 8.42 Å². The van der Waals surface area contributed by atoms with Gasteiger partial charge in [0, 0.05) is 11.4 Å². The summed E-state index contributed by atoms with van der Waals surface area (Å²) in [6.45, 7) is 3.78. The van der Waals surface area contributed by atoms with Crippen molar-refractivity contribution in [3.63, 3.8) is 0 Å². The first-order valence-corrected chi connectivity index (χ1v) is 11.4. The van der Waals surface area contributed by atoms with Crippen molar-refractivity contribution in [3.8, 4) is 0 Å². The first-order valence-electron chi connectivity index (χ1n) is 9.90. The van der Waals surface area contributed by atoms with Crippen LogP contribution in [0.15, 0.2) is 47.4 Å². The molecular weight excluding hydrogens is 404 g/mol. The molecule has 0 spiro atoms. The number of hydrogen-bond acceptors (Lipinski definition) is 4. The fourth-order valence-corrected chi connectivity index (χ4v) is 4.98. The molecule has 1 amide bonds. The number of carbonyl (C=O) groups excluding carboxylic acids is 1. The van der Waals surface area contributed by atoms with Gasteiger partial charge in [0.1, 0.15) is 0 Å². The van der Waals surface area contributed by atoms with E-state index in [9.17, 15) is 23.1 Å². The van der Waals surface area contributed by atoms with E-state index in [4.69, 9.17) is 0 Å². The highest BCUT2D eigenvalue weighted by Gasteiger charge is 2.35. The molecule has 0 heterocycles. The zero-order valence-electron chi connectivity index (χ0n) is 17.0. The second kappa shape index (κ2) is 8.87. The predicted molar refractivity (Wildman–Crippen MR) is 115 cm³/mol. The molecule has 0 unspecified atom stereocenters. The van der Waals surface area contributed by atoms with Crippen LogP contribution >= 0.6 is 0 Å². The highest BCUT2D eigenvalue weighted by molar-refractivity contribution is 7.92. The van der Waals surface area contributed by atoms with Crippen LogP contribution in [0.5, 0.6) is 0 Å². The van der Waals surface area contributed by atoms with Gasteiger partial charge in [0.25, 0.3) is 10.0 Å². The quantitative estimate of drug-likeness (QED) is 0.643. The Bertz CT molecular complexity index is 1030. The second-order valence-corrected chi connectivity index (χ2v) is 9.51. The molecule has 0 saturated heterocycles. The van der Waals surface area contributed by atoms with Crippen molar-refractivity contribution in [1.82, 2.24) is 0 Å². The monoisotopic (exact) mass is 430 g/mol. The van der Waals surface area contributed by atoms with E-state index in [-0.39, 0.29) is 10.8 Å². The Kier molecular flexibility index (Phi) is 6.45. The van der Waals surface area contributed by atoms with Crippen molar-refractivity contribution in [1.29, 1.82) is 0 Å². The molecule has 1 fully saturated rings. The van der Waals surface area contributed by atoms with Gasteiger partial charge in [-0.3, -0.25) is 14.3 Å². The molecule has 0 aromatic heterocycles. The fraction of sp³-hybridized carbons (Fsp3) is 0.364.